The molecule has 17 N–H and O–H groups in total. The molecule has 9 aromatic carbocycles. The molecule has 14 aromatic rings. The van der Waals surface area contributed by atoms with Gasteiger partial charge >= 0.3 is 0 Å². The maximum absolute atomic E-state index is 13.7. The predicted molar refractivity (Wildman–Crippen MR) is 390 cm³/mol. The lowest BCUT2D eigenvalue weighted by molar-refractivity contribution is 0.395. The molecule has 29 nitrogen and oxygen atoms in total. The number of phenolic OH excluding ortho intramolecular Hbond substituents is 3. The van der Waals surface area contributed by atoms with Crippen molar-refractivity contribution < 1.29 is 58.1 Å². The minimum atomic E-state index is -5.26. The number of anilines is 4. The highest BCUT2D eigenvalue weighted by atomic mass is 32.9. The molecule has 0 aliphatic rings. The highest BCUT2D eigenvalue weighted by molar-refractivity contribution is 7.92. The number of sulfonamides is 1. The molecule has 0 radical (unpaired) electrons. The van der Waals surface area contributed by atoms with E-state index in [1.165, 1.54) is 125 Å². The van der Waals surface area contributed by atoms with Crippen LogP contribution in [0.25, 0.3) is 92.5 Å². The number of nitrogens with one attached hydrogen (secondary N) is 6. The Morgan fingerprint density at radius 1 is 0.480 bits per heavy atom. The molecule has 4 bridgehead atoms. The summed E-state index contributed by atoms with van der Waals surface area (Å²) in [7, 11) is -8.89. The second kappa shape index (κ2) is 25.0. The first kappa shape index (κ1) is 66.1. The third-order valence-corrected chi connectivity index (χ3v) is 28.4. The smallest absolute Gasteiger partial charge is 0.296 e. The molecular weight excluding hydrogens is 1460 g/mol. The average Bonchev–Trinajstić information content (AvgIpc) is 1.29. The summed E-state index contributed by atoms with van der Waals surface area (Å²) < 4.78 is 134. The largest absolute Gasteiger partial charge is 0.505 e. The Labute approximate surface area is 575 Å². The van der Waals surface area contributed by atoms with Crippen molar-refractivity contribution in [1.29, 1.82) is 0 Å². The molecular formula is C59H50N16O13S10. The van der Waals surface area contributed by atoms with E-state index in [4.69, 9.17) is 17.2 Å². The van der Waals surface area contributed by atoms with Gasteiger partial charge in [-0.25, -0.2) is 16.8 Å². The molecule has 0 saturated carbocycles. The Balaban J connectivity index is 0.701. The zero-order valence-corrected chi connectivity index (χ0v) is 58.5. The van der Waals surface area contributed by atoms with Gasteiger partial charge in [0.15, 0.2) is 27.1 Å². The van der Waals surface area contributed by atoms with E-state index in [0.29, 0.717) is 37.9 Å². The van der Waals surface area contributed by atoms with E-state index in [-0.39, 0.29) is 67.7 Å². The van der Waals surface area contributed by atoms with Crippen molar-refractivity contribution in [2.45, 2.75) is 26.0 Å². The van der Waals surface area contributed by atoms with Crippen LogP contribution in [-0.4, -0.2) is 122 Å². The summed E-state index contributed by atoms with van der Waals surface area (Å²) in [6.45, 7) is 1.64. The van der Waals surface area contributed by atoms with Crippen LogP contribution < -0.4 is 27.2 Å². The van der Waals surface area contributed by atoms with E-state index in [2.05, 4.69) is 66.7 Å². The molecule has 5 aromatic heterocycles. The first-order valence-corrected chi connectivity index (χ1v) is 40.7. The van der Waals surface area contributed by atoms with Crippen molar-refractivity contribution in [2.24, 2.45) is 30.7 Å². The molecule has 98 heavy (non-hydrogen) atoms. The van der Waals surface area contributed by atoms with Crippen molar-refractivity contribution in [2.75, 3.05) is 61.4 Å². The summed E-state index contributed by atoms with van der Waals surface area (Å²) in [4.78, 5) is 14.1. The maximum atomic E-state index is 13.7. The molecule has 14 rings (SSSR count). The number of benzene rings is 9. The van der Waals surface area contributed by atoms with Gasteiger partial charge in [-0.2, -0.15) is 32.2 Å². The van der Waals surface area contributed by atoms with Crippen molar-refractivity contribution in [3.8, 4) is 17.2 Å². The number of aromatic nitrogens is 4. The van der Waals surface area contributed by atoms with Crippen LogP contribution in [-0.2, 0) is 40.1 Å². The van der Waals surface area contributed by atoms with Gasteiger partial charge in [0.1, 0.15) is 41.9 Å². The SMILES string of the molecule is CN(C)CCCNCCS(=O)(=O)c1ccc(N=Nc2c(S(=O)(=O)O)cc3cc(S(=O)(=O)O)c(N=Nc4ccc(S(=O)(=O)Nc5ccc(N=Nc6c(N)c(O)c7ssc8c9[nH]c%10cc%11[nH]c%12cc(N)c(O)c%13ssc(c%10[nH]c9cc9[nH]c6c7sc98)c%11sc%12%13)cc5)cc4)c(N)c3c2O)cc1. The highest BCUT2D eigenvalue weighted by Gasteiger charge is 2.29. The standard InChI is InChI=1S/C59H50N16O13S10/c1-75(2)18-3-16-63-17-19-95(79,80)30-12-8-27(9-13-30)69-72-46-39(98(86,87)88)21-25-20-38(97(83,84)85)45(41(61)40(25)50(46)77)71-68-28-10-14-31(15-11-28)96(81,82)74-29-6-4-26(5-7-29)70-73-47-42(62)51(78)59-55-48(47)67-37-24-34-44(57(92-94-59)53(37)90-55)65-33-23-36-52-56(43(33)66-34)91-93-58-49(76)32(60)22-35(64-36)54(58)89-52/h4-15,20-24,63-67,74,76-78H,3,16-19,60-62H2,1-2H3,(H,83,84,85)(H,86,87,88). The Morgan fingerprint density at radius 3 is 1.54 bits per heavy atom. The Kier molecular flexibility index (Phi) is 16.8. The van der Waals surface area contributed by atoms with Crippen LogP contribution >= 0.6 is 64.0 Å². The predicted octanol–water partition coefficient (Wildman–Crippen LogP) is 15.2. The molecule has 504 valence electrons. The number of nitrogens with two attached hydrogens (primary N) is 3. The molecule has 0 fully saturated rings. The number of aromatic amines is 4. The third kappa shape index (κ3) is 12.2. The third-order valence-electron chi connectivity index (χ3n) is 15.6. The first-order chi connectivity index (χ1) is 46.6. The highest BCUT2D eigenvalue weighted by Crippen LogP contribution is 2.53. The van der Waals surface area contributed by atoms with Gasteiger partial charge in [0, 0.05) is 12.2 Å². The lowest BCUT2D eigenvalue weighted by Crippen LogP contribution is -2.26. The van der Waals surface area contributed by atoms with Crippen molar-refractivity contribution in [3.63, 3.8) is 0 Å². The van der Waals surface area contributed by atoms with E-state index < -0.39 is 83.5 Å². The van der Waals surface area contributed by atoms with Crippen molar-refractivity contribution in [3.05, 3.63) is 103 Å². The summed E-state index contributed by atoms with van der Waals surface area (Å²) >= 11 is 3.03. The summed E-state index contributed by atoms with van der Waals surface area (Å²) in [6, 6.07) is 22.9. The second-order valence-electron chi connectivity index (χ2n) is 22.4. The average molecular weight is 1510 g/mol. The number of rotatable bonds is 19. The van der Waals surface area contributed by atoms with E-state index in [1.807, 2.05) is 25.1 Å². The fourth-order valence-corrected chi connectivity index (χ4v) is 23.0. The Morgan fingerprint density at radius 2 is 0.959 bits per heavy atom. The lowest BCUT2D eigenvalue weighted by atomic mass is 10.1. The van der Waals surface area contributed by atoms with Gasteiger partial charge in [-0.3, -0.25) is 13.8 Å². The van der Waals surface area contributed by atoms with Crippen LogP contribution in [0.3, 0.4) is 0 Å². The topological polar surface area (TPSA) is 480 Å². The van der Waals surface area contributed by atoms with Crippen LogP contribution in [0, 0.1) is 0 Å². The fraction of sp³-hybridized carbons (Fsp3) is 0.119. The van der Waals surface area contributed by atoms with Gasteiger partial charge in [0.05, 0.1) is 122 Å². The number of sulfone groups is 1. The first-order valence-electron chi connectivity index (χ1n) is 28.7. The number of hydrogen-bond acceptors (Lipinski definition) is 28. The molecule has 5 heterocycles. The summed E-state index contributed by atoms with van der Waals surface area (Å²) in [5, 5.41) is 61.1. The molecule has 0 spiro atoms. The minimum absolute atomic E-state index is 0.0121. The number of fused-ring (bicyclic) bond motifs is 5. The van der Waals surface area contributed by atoms with Gasteiger partial charge in [0.25, 0.3) is 30.3 Å². The number of hydrogen-bond donors (Lipinski definition) is 14. The maximum Gasteiger partial charge on any atom is 0.296 e. The zero-order chi connectivity index (χ0) is 69.1. The normalized spacial score (nSPS) is 13.1. The summed E-state index contributed by atoms with van der Waals surface area (Å²) in [5.41, 5.74) is 24.1. The second-order valence-corrected chi connectivity index (χ2v) is 35.3. The van der Waals surface area contributed by atoms with Crippen LogP contribution in [0.5, 0.6) is 17.2 Å². The van der Waals surface area contributed by atoms with E-state index in [9.17, 15) is 58.1 Å². The van der Waals surface area contributed by atoms with Gasteiger partial charge in [-0.15, -0.1) is 38.0 Å². The van der Waals surface area contributed by atoms with Crippen molar-refractivity contribution in [1.82, 2.24) is 30.2 Å². The molecule has 0 atom stereocenters. The van der Waals surface area contributed by atoms with Crippen LogP contribution in [0.1, 0.15) is 6.42 Å². The Bertz CT molecular complexity index is 6310. The molecule has 39 heteroatoms. The van der Waals surface area contributed by atoms with E-state index in [1.54, 1.807) is 17.4 Å². The number of phenols is 3. The molecule has 0 saturated heterocycles. The number of H-pyrrole nitrogens is 4. The van der Waals surface area contributed by atoms with Crippen LogP contribution in [0.15, 0.2) is 153 Å². The summed E-state index contributed by atoms with van der Waals surface area (Å²) in [5.74, 6) is -1.37. The number of nitrogen functional groups attached to an aromatic ring is 3. The monoisotopic (exact) mass is 1510 g/mol. The van der Waals surface area contributed by atoms with Crippen LogP contribution in [0.2, 0.25) is 0 Å². The van der Waals surface area contributed by atoms with Gasteiger partial charge < -0.3 is 62.7 Å². The number of nitrogens with zero attached hydrogens (tertiary/aromatic N) is 7. The quantitative estimate of drug-likeness (QED) is 0.00680. The molecule has 0 aliphatic carbocycles. The number of aromatic hydroxyl groups is 3. The van der Waals surface area contributed by atoms with E-state index >= 15 is 0 Å². The molecule has 0 amide bonds. The van der Waals surface area contributed by atoms with Gasteiger partial charge in [0.2, 0.25) is 0 Å². The van der Waals surface area contributed by atoms with Gasteiger partial charge in [-0.1, -0.05) is 41.4 Å². The van der Waals surface area contributed by atoms with Crippen molar-refractivity contribution >= 4 is 254 Å². The zero-order valence-electron chi connectivity index (χ0n) is 50.3. The van der Waals surface area contributed by atoms with Crippen LogP contribution in [0.4, 0.5) is 56.9 Å². The van der Waals surface area contributed by atoms with Gasteiger partial charge in [-0.05, 0) is 142 Å². The number of azo groups is 3. The Hall–Kier alpha value is -9.20. The fourth-order valence-electron chi connectivity index (χ4n) is 10.8. The lowest BCUT2D eigenvalue weighted by Gasteiger charge is -2.14. The van der Waals surface area contributed by atoms with E-state index in [0.717, 1.165) is 81.1 Å². The minimum Gasteiger partial charge on any atom is -0.505 e. The summed E-state index contributed by atoms with van der Waals surface area (Å²) in [6.07, 6.45) is 0.818. The molecule has 0 aliphatic heterocycles. The molecule has 0 unspecified atom stereocenters.